The Morgan fingerprint density at radius 2 is 2.14 bits per heavy atom. The third-order valence-electron chi connectivity index (χ3n) is 4.47. The van der Waals surface area contributed by atoms with Crippen molar-refractivity contribution in [2.24, 2.45) is 0 Å². The minimum absolute atomic E-state index is 0.362. The largest absolute Gasteiger partial charge is 0.465 e. The molecule has 6 nitrogen and oxygen atoms in total. The summed E-state index contributed by atoms with van der Waals surface area (Å²) in [4.78, 5) is 20.9. The number of ether oxygens (including phenoxy) is 1. The maximum Gasteiger partial charge on any atom is 0.340 e. The predicted molar refractivity (Wildman–Crippen MR) is 81.4 cm³/mol. The van der Waals surface area contributed by atoms with Crippen LogP contribution in [0.15, 0.2) is 12.3 Å². The van der Waals surface area contributed by atoms with Crippen LogP contribution in [0.4, 0.5) is 11.5 Å². The molecular weight excluding hydrogens is 268 g/mol. The third-order valence-corrected chi connectivity index (χ3v) is 4.47. The molecule has 6 heteroatoms. The van der Waals surface area contributed by atoms with Crippen molar-refractivity contribution >= 4 is 17.5 Å². The number of hydrogen-bond donors (Lipinski definition) is 1. The highest BCUT2D eigenvalue weighted by Crippen LogP contribution is 2.26. The molecular formula is C15H22N4O2. The second-order valence-corrected chi connectivity index (χ2v) is 5.75. The minimum Gasteiger partial charge on any atom is -0.465 e. The van der Waals surface area contributed by atoms with Crippen LogP contribution < -0.4 is 10.6 Å². The van der Waals surface area contributed by atoms with Crippen molar-refractivity contribution in [2.75, 3.05) is 43.9 Å². The minimum atomic E-state index is -0.411. The number of nitrogens with zero attached hydrogens (tertiary/aromatic N) is 3. The van der Waals surface area contributed by atoms with Crippen LogP contribution in [0.5, 0.6) is 0 Å². The number of likely N-dealkylation sites (tertiary alicyclic amines) is 1. The first kappa shape index (κ1) is 14.1. The summed E-state index contributed by atoms with van der Waals surface area (Å²) in [6.45, 7) is 4.36. The lowest BCUT2D eigenvalue weighted by molar-refractivity contribution is 0.0602. The molecule has 21 heavy (non-hydrogen) atoms. The Morgan fingerprint density at radius 1 is 1.38 bits per heavy atom. The van der Waals surface area contributed by atoms with E-state index in [-0.39, 0.29) is 0 Å². The van der Waals surface area contributed by atoms with Gasteiger partial charge in [0.1, 0.15) is 5.82 Å². The van der Waals surface area contributed by atoms with Crippen molar-refractivity contribution in [3.8, 4) is 0 Å². The summed E-state index contributed by atoms with van der Waals surface area (Å²) in [7, 11) is 1.36. The summed E-state index contributed by atoms with van der Waals surface area (Å²) in [5, 5.41) is 0. The molecule has 2 aliphatic heterocycles. The Hall–Kier alpha value is -1.82. The Morgan fingerprint density at radius 3 is 2.86 bits per heavy atom. The highest BCUT2D eigenvalue weighted by Gasteiger charge is 2.30. The number of rotatable bonds is 3. The Bertz CT molecular complexity index is 528. The molecule has 1 aromatic heterocycles. The van der Waals surface area contributed by atoms with Crippen LogP contribution in [-0.2, 0) is 4.74 Å². The lowest BCUT2D eigenvalue weighted by Gasteiger charge is -2.24. The zero-order chi connectivity index (χ0) is 14.8. The standard InChI is InChI=1S/C15H22N4O2/c1-21-15(20)12-8-14(17-9-13(12)16)19-7-4-11(10-19)18-5-2-3-6-18/h8-9,11H,2-7,10,16H2,1H3. The van der Waals surface area contributed by atoms with Crippen molar-refractivity contribution in [3.05, 3.63) is 17.8 Å². The van der Waals surface area contributed by atoms with Gasteiger partial charge in [-0.2, -0.15) is 0 Å². The molecule has 0 radical (unpaired) electrons. The van der Waals surface area contributed by atoms with Crippen LogP contribution in [0.2, 0.25) is 0 Å². The molecule has 3 rings (SSSR count). The normalized spacial score (nSPS) is 22.7. The van der Waals surface area contributed by atoms with E-state index in [1.807, 2.05) is 0 Å². The number of aromatic nitrogens is 1. The summed E-state index contributed by atoms with van der Waals surface area (Å²) in [6.07, 6.45) is 5.32. The molecule has 2 saturated heterocycles. The summed E-state index contributed by atoms with van der Waals surface area (Å²) in [6, 6.07) is 2.35. The van der Waals surface area contributed by atoms with Crippen LogP contribution >= 0.6 is 0 Å². The molecule has 2 aliphatic rings. The van der Waals surface area contributed by atoms with E-state index >= 15 is 0 Å². The fourth-order valence-corrected chi connectivity index (χ4v) is 3.27. The summed E-state index contributed by atoms with van der Waals surface area (Å²) in [5.41, 5.74) is 6.56. The molecule has 1 unspecified atom stereocenters. The van der Waals surface area contributed by atoms with E-state index in [0.717, 1.165) is 25.3 Å². The van der Waals surface area contributed by atoms with E-state index in [1.54, 1.807) is 12.3 Å². The maximum absolute atomic E-state index is 11.7. The molecule has 2 N–H and O–H groups in total. The van der Waals surface area contributed by atoms with Crippen molar-refractivity contribution < 1.29 is 9.53 Å². The van der Waals surface area contributed by atoms with Crippen LogP contribution in [0.1, 0.15) is 29.6 Å². The molecule has 0 spiro atoms. The third kappa shape index (κ3) is 2.81. The zero-order valence-electron chi connectivity index (χ0n) is 12.4. The number of nitrogens with two attached hydrogens (primary N) is 1. The van der Waals surface area contributed by atoms with E-state index in [2.05, 4.69) is 14.8 Å². The van der Waals surface area contributed by atoms with Gasteiger partial charge in [-0.25, -0.2) is 9.78 Å². The number of hydrogen-bond acceptors (Lipinski definition) is 6. The van der Waals surface area contributed by atoms with Crippen LogP contribution in [-0.4, -0.2) is 55.2 Å². The molecule has 3 heterocycles. The van der Waals surface area contributed by atoms with E-state index in [9.17, 15) is 4.79 Å². The summed E-state index contributed by atoms with van der Waals surface area (Å²) >= 11 is 0. The second kappa shape index (κ2) is 5.89. The average Bonchev–Trinajstić information content (AvgIpc) is 3.17. The molecule has 1 aromatic rings. The average molecular weight is 290 g/mol. The summed E-state index contributed by atoms with van der Waals surface area (Å²) in [5.74, 6) is 0.401. The molecule has 114 valence electrons. The number of anilines is 2. The number of esters is 1. The highest BCUT2D eigenvalue weighted by atomic mass is 16.5. The SMILES string of the molecule is COC(=O)c1cc(N2CCC(N3CCCC3)C2)ncc1N. The van der Waals surface area contributed by atoms with Gasteiger partial charge in [0, 0.05) is 19.1 Å². The van der Waals surface area contributed by atoms with Gasteiger partial charge >= 0.3 is 5.97 Å². The first-order valence-electron chi connectivity index (χ1n) is 7.52. The molecule has 0 aromatic carbocycles. The van der Waals surface area contributed by atoms with E-state index < -0.39 is 5.97 Å². The molecule has 0 saturated carbocycles. The fraction of sp³-hybridized carbons (Fsp3) is 0.600. The number of methoxy groups -OCH3 is 1. The van der Waals surface area contributed by atoms with Gasteiger partial charge in [0.2, 0.25) is 0 Å². The monoisotopic (exact) mass is 290 g/mol. The van der Waals surface area contributed by atoms with Gasteiger partial charge in [0.25, 0.3) is 0 Å². The number of carbonyl (C=O) groups is 1. The van der Waals surface area contributed by atoms with E-state index in [4.69, 9.17) is 10.5 Å². The van der Waals surface area contributed by atoms with Gasteiger partial charge in [-0.15, -0.1) is 0 Å². The van der Waals surface area contributed by atoms with Crippen molar-refractivity contribution in [1.29, 1.82) is 0 Å². The quantitative estimate of drug-likeness (QED) is 0.841. The molecule has 1 atom stereocenters. The van der Waals surface area contributed by atoms with Gasteiger partial charge < -0.3 is 15.4 Å². The topological polar surface area (TPSA) is 71.7 Å². The van der Waals surface area contributed by atoms with Crippen LogP contribution in [0, 0.1) is 0 Å². The van der Waals surface area contributed by atoms with Crippen LogP contribution in [0.25, 0.3) is 0 Å². The molecule has 2 fully saturated rings. The Labute approximate surface area is 124 Å². The lowest BCUT2D eigenvalue weighted by Crippen LogP contribution is -2.35. The van der Waals surface area contributed by atoms with Gasteiger partial charge in [0.15, 0.2) is 0 Å². The first-order chi connectivity index (χ1) is 10.2. The van der Waals surface area contributed by atoms with Gasteiger partial charge in [-0.1, -0.05) is 0 Å². The Kier molecular flexibility index (Phi) is 3.96. The molecule has 0 amide bonds. The number of pyridine rings is 1. The predicted octanol–water partition coefficient (Wildman–Crippen LogP) is 1.12. The highest BCUT2D eigenvalue weighted by molar-refractivity contribution is 5.95. The number of nitrogen functional groups attached to an aromatic ring is 1. The van der Waals surface area contributed by atoms with Crippen molar-refractivity contribution in [3.63, 3.8) is 0 Å². The maximum atomic E-state index is 11.7. The van der Waals surface area contributed by atoms with Gasteiger partial charge in [-0.3, -0.25) is 4.90 Å². The molecule has 0 aliphatic carbocycles. The van der Waals surface area contributed by atoms with Crippen LogP contribution in [0.3, 0.4) is 0 Å². The van der Waals surface area contributed by atoms with Gasteiger partial charge in [0.05, 0.1) is 24.6 Å². The van der Waals surface area contributed by atoms with Crippen molar-refractivity contribution in [2.45, 2.75) is 25.3 Å². The Balaban J connectivity index is 1.74. The van der Waals surface area contributed by atoms with Gasteiger partial charge in [-0.05, 0) is 38.4 Å². The second-order valence-electron chi connectivity index (χ2n) is 5.75. The van der Waals surface area contributed by atoms with Crippen molar-refractivity contribution in [1.82, 2.24) is 9.88 Å². The lowest BCUT2D eigenvalue weighted by atomic mass is 10.2. The molecule has 0 bridgehead atoms. The zero-order valence-corrected chi connectivity index (χ0v) is 12.4. The fourth-order valence-electron chi connectivity index (χ4n) is 3.27. The van der Waals surface area contributed by atoms with E-state index in [1.165, 1.54) is 33.0 Å². The smallest absolute Gasteiger partial charge is 0.340 e. The number of carbonyl (C=O) groups excluding carboxylic acids is 1. The van der Waals surface area contributed by atoms with E-state index in [0.29, 0.717) is 17.3 Å². The summed E-state index contributed by atoms with van der Waals surface area (Å²) < 4.78 is 4.76. The first-order valence-corrected chi connectivity index (χ1v) is 7.52.